The Kier molecular flexibility index (Phi) is 7.05. The largest absolute Gasteiger partial charge is 0.372 e. The molecule has 2 nitrogen and oxygen atoms in total. The second kappa shape index (κ2) is 8.03. The summed E-state index contributed by atoms with van der Waals surface area (Å²) in [5, 5.41) is 3.38. The van der Waals surface area contributed by atoms with Crippen LogP contribution in [0.2, 0.25) is 0 Å². The number of ether oxygens (including phenoxy) is 1. The van der Waals surface area contributed by atoms with E-state index >= 15 is 0 Å². The first-order valence-electron chi connectivity index (χ1n) is 7.01. The van der Waals surface area contributed by atoms with Crippen LogP contribution in [0.5, 0.6) is 0 Å². The van der Waals surface area contributed by atoms with E-state index in [0.717, 1.165) is 30.6 Å². The Morgan fingerprint density at radius 2 is 1.95 bits per heavy atom. The van der Waals surface area contributed by atoms with Gasteiger partial charge in [0.1, 0.15) is 0 Å². The summed E-state index contributed by atoms with van der Waals surface area (Å²) >= 11 is 3.61. The Bertz CT molecular complexity index is 373. The normalized spacial score (nSPS) is 13.5. The highest BCUT2D eigenvalue weighted by molar-refractivity contribution is 9.10. The molecule has 3 heteroatoms. The van der Waals surface area contributed by atoms with Crippen molar-refractivity contribution in [1.29, 1.82) is 0 Å². The smallest absolute Gasteiger partial charge is 0.0960 e. The lowest BCUT2D eigenvalue weighted by molar-refractivity contribution is 0.0369. The van der Waals surface area contributed by atoms with Crippen LogP contribution >= 0.6 is 15.9 Å². The lowest BCUT2D eigenvalue weighted by Gasteiger charge is -2.23. The Hall–Kier alpha value is -0.380. The molecule has 108 valence electrons. The maximum absolute atomic E-state index is 6.09. The molecule has 1 atom stereocenters. The summed E-state index contributed by atoms with van der Waals surface area (Å²) < 4.78 is 7.21. The quantitative estimate of drug-likeness (QED) is 0.793. The molecule has 0 radical (unpaired) electrons. The molecule has 1 aromatic rings. The molecule has 1 aromatic carbocycles. The van der Waals surface area contributed by atoms with Crippen molar-refractivity contribution in [2.45, 2.75) is 40.2 Å². The van der Waals surface area contributed by atoms with E-state index in [2.05, 4.69) is 67.1 Å². The summed E-state index contributed by atoms with van der Waals surface area (Å²) in [5.74, 6) is 0. The van der Waals surface area contributed by atoms with Gasteiger partial charge in [0.05, 0.1) is 6.10 Å². The Balaban J connectivity index is 2.64. The summed E-state index contributed by atoms with van der Waals surface area (Å²) in [6, 6.07) is 8.30. The van der Waals surface area contributed by atoms with E-state index in [4.69, 9.17) is 4.74 Å². The summed E-state index contributed by atoms with van der Waals surface area (Å²) in [5.41, 5.74) is 1.54. The third-order valence-corrected chi connectivity index (χ3v) is 3.73. The van der Waals surface area contributed by atoms with E-state index in [-0.39, 0.29) is 6.10 Å². The van der Waals surface area contributed by atoms with Crippen molar-refractivity contribution in [3.8, 4) is 0 Å². The SMILES string of the molecule is CCNCC(OCCC(C)(C)C)c1ccccc1Br. The van der Waals surface area contributed by atoms with Gasteiger partial charge in [-0.2, -0.15) is 0 Å². The molecule has 0 spiro atoms. The molecular weight excluding hydrogens is 302 g/mol. The summed E-state index contributed by atoms with van der Waals surface area (Å²) in [6.45, 7) is 11.5. The molecule has 0 aliphatic heterocycles. The fourth-order valence-corrected chi connectivity index (χ4v) is 2.32. The van der Waals surface area contributed by atoms with E-state index < -0.39 is 0 Å². The first-order valence-corrected chi connectivity index (χ1v) is 7.80. The molecule has 1 rings (SSSR count). The number of rotatable bonds is 7. The molecule has 0 saturated carbocycles. The Labute approximate surface area is 126 Å². The van der Waals surface area contributed by atoms with Crippen LogP contribution in [0.3, 0.4) is 0 Å². The fraction of sp³-hybridized carbons (Fsp3) is 0.625. The average Bonchev–Trinajstić information content (AvgIpc) is 2.33. The van der Waals surface area contributed by atoms with Gasteiger partial charge in [-0.1, -0.05) is 61.8 Å². The van der Waals surface area contributed by atoms with Gasteiger partial charge in [-0.25, -0.2) is 0 Å². The number of hydrogen-bond donors (Lipinski definition) is 1. The standard InChI is InChI=1S/C16H26BrNO/c1-5-18-12-15(19-11-10-16(2,3)4)13-8-6-7-9-14(13)17/h6-9,15,18H,5,10-12H2,1-4H3. The highest BCUT2D eigenvalue weighted by atomic mass is 79.9. The fourth-order valence-electron chi connectivity index (χ4n) is 1.78. The zero-order chi connectivity index (χ0) is 14.3. The Morgan fingerprint density at radius 3 is 2.53 bits per heavy atom. The maximum Gasteiger partial charge on any atom is 0.0960 e. The van der Waals surface area contributed by atoms with Crippen molar-refractivity contribution in [2.24, 2.45) is 5.41 Å². The minimum absolute atomic E-state index is 0.109. The van der Waals surface area contributed by atoms with Crippen LogP contribution in [0, 0.1) is 5.41 Å². The van der Waals surface area contributed by atoms with Crippen LogP contribution in [0.15, 0.2) is 28.7 Å². The van der Waals surface area contributed by atoms with Crippen LogP contribution in [-0.2, 0) is 4.74 Å². The molecule has 0 fully saturated rings. The number of halogens is 1. The zero-order valence-electron chi connectivity index (χ0n) is 12.5. The van der Waals surface area contributed by atoms with Gasteiger partial charge in [-0.15, -0.1) is 0 Å². The molecule has 1 unspecified atom stereocenters. The van der Waals surface area contributed by atoms with Gasteiger partial charge in [-0.3, -0.25) is 0 Å². The minimum atomic E-state index is 0.109. The van der Waals surface area contributed by atoms with Crippen LogP contribution in [0.4, 0.5) is 0 Å². The molecule has 0 saturated heterocycles. The van der Waals surface area contributed by atoms with Crippen molar-refractivity contribution >= 4 is 15.9 Å². The molecular formula is C16H26BrNO. The first kappa shape index (κ1) is 16.7. The molecule has 0 aromatic heterocycles. The molecule has 0 aliphatic carbocycles. The number of benzene rings is 1. The van der Waals surface area contributed by atoms with Gasteiger partial charge in [0.15, 0.2) is 0 Å². The highest BCUT2D eigenvalue weighted by Gasteiger charge is 2.16. The van der Waals surface area contributed by atoms with Gasteiger partial charge in [0, 0.05) is 17.6 Å². The van der Waals surface area contributed by atoms with Gasteiger partial charge >= 0.3 is 0 Å². The number of hydrogen-bond acceptors (Lipinski definition) is 2. The predicted molar refractivity (Wildman–Crippen MR) is 85.5 cm³/mol. The predicted octanol–water partition coefficient (Wildman–Crippen LogP) is 4.55. The van der Waals surface area contributed by atoms with Crippen LogP contribution in [-0.4, -0.2) is 19.7 Å². The molecule has 0 aliphatic rings. The van der Waals surface area contributed by atoms with Crippen LogP contribution in [0.1, 0.15) is 45.8 Å². The number of likely N-dealkylation sites (N-methyl/N-ethyl adjacent to an activating group) is 1. The number of nitrogens with one attached hydrogen (secondary N) is 1. The summed E-state index contributed by atoms with van der Waals surface area (Å²) in [7, 11) is 0. The lowest BCUT2D eigenvalue weighted by Crippen LogP contribution is -2.24. The second-order valence-electron chi connectivity index (χ2n) is 6.00. The topological polar surface area (TPSA) is 21.3 Å². The van der Waals surface area contributed by atoms with Gasteiger partial charge in [-0.05, 0) is 30.0 Å². The molecule has 19 heavy (non-hydrogen) atoms. The van der Waals surface area contributed by atoms with Gasteiger partial charge < -0.3 is 10.1 Å². The minimum Gasteiger partial charge on any atom is -0.372 e. The van der Waals surface area contributed by atoms with Crippen LogP contribution in [0.25, 0.3) is 0 Å². The van der Waals surface area contributed by atoms with Crippen LogP contribution < -0.4 is 5.32 Å². The average molecular weight is 328 g/mol. The molecule has 0 heterocycles. The summed E-state index contributed by atoms with van der Waals surface area (Å²) in [4.78, 5) is 0. The van der Waals surface area contributed by atoms with Crippen molar-refractivity contribution < 1.29 is 4.74 Å². The highest BCUT2D eigenvalue weighted by Crippen LogP contribution is 2.27. The second-order valence-corrected chi connectivity index (χ2v) is 6.85. The third kappa shape index (κ3) is 6.55. The van der Waals surface area contributed by atoms with Crippen molar-refractivity contribution in [1.82, 2.24) is 5.32 Å². The van der Waals surface area contributed by atoms with Crippen molar-refractivity contribution in [3.63, 3.8) is 0 Å². The maximum atomic E-state index is 6.09. The summed E-state index contributed by atoms with van der Waals surface area (Å²) in [6.07, 6.45) is 1.18. The molecule has 0 amide bonds. The van der Waals surface area contributed by atoms with E-state index in [9.17, 15) is 0 Å². The zero-order valence-corrected chi connectivity index (χ0v) is 14.1. The monoisotopic (exact) mass is 327 g/mol. The Morgan fingerprint density at radius 1 is 1.26 bits per heavy atom. The molecule has 0 bridgehead atoms. The van der Waals surface area contributed by atoms with Crippen molar-refractivity contribution in [3.05, 3.63) is 34.3 Å². The molecule has 1 N–H and O–H groups in total. The van der Waals surface area contributed by atoms with Gasteiger partial charge in [0.2, 0.25) is 0 Å². The van der Waals surface area contributed by atoms with Crippen molar-refractivity contribution in [2.75, 3.05) is 19.7 Å². The van der Waals surface area contributed by atoms with E-state index in [0.29, 0.717) is 5.41 Å². The van der Waals surface area contributed by atoms with E-state index in [1.54, 1.807) is 0 Å². The van der Waals surface area contributed by atoms with E-state index in [1.807, 2.05) is 6.07 Å². The van der Waals surface area contributed by atoms with E-state index in [1.165, 1.54) is 5.56 Å². The first-order chi connectivity index (χ1) is 8.94. The third-order valence-electron chi connectivity index (χ3n) is 3.00. The lowest BCUT2D eigenvalue weighted by atomic mass is 9.93. The van der Waals surface area contributed by atoms with Gasteiger partial charge in [0.25, 0.3) is 0 Å².